The molecule has 1 amide bonds. The molecule has 1 aliphatic rings. The molecule has 5 heteroatoms. The van der Waals surface area contributed by atoms with E-state index in [0.29, 0.717) is 17.9 Å². The zero-order chi connectivity index (χ0) is 17.2. The van der Waals surface area contributed by atoms with E-state index in [1.165, 1.54) is 31.3 Å². The van der Waals surface area contributed by atoms with Crippen molar-refractivity contribution in [2.45, 2.75) is 39.0 Å². The molecule has 5 nitrogen and oxygen atoms in total. The van der Waals surface area contributed by atoms with Gasteiger partial charge in [-0.2, -0.15) is 0 Å². The smallest absolute Gasteiger partial charge is 0.338 e. The molecule has 0 bridgehead atoms. The van der Waals surface area contributed by atoms with Gasteiger partial charge in [0.1, 0.15) is 0 Å². The minimum Gasteiger partial charge on any atom is -0.462 e. The zero-order valence-electron chi connectivity index (χ0n) is 14.3. The lowest BCUT2D eigenvalue weighted by atomic mass is 9.97. The number of nitrogens with one attached hydrogen (secondary N) is 2. The molecular formula is C19H26N2O3. The Hall–Kier alpha value is -2.14. The van der Waals surface area contributed by atoms with Crippen molar-refractivity contribution in [1.82, 2.24) is 5.32 Å². The van der Waals surface area contributed by atoms with Crippen LogP contribution in [0.5, 0.6) is 0 Å². The van der Waals surface area contributed by atoms with Crippen LogP contribution in [-0.2, 0) is 9.53 Å². The number of carbonyl (C=O) groups excluding carboxylic acids is 2. The van der Waals surface area contributed by atoms with Gasteiger partial charge in [-0.15, -0.1) is 0 Å². The minimum atomic E-state index is -0.353. The Bertz CT molecular complexity index is 579. The Balaban J connectivity index is 1.68. The highest BCUT2D eigenvalue weighted by Crippen LogP contribution is 2.19. The lowest BCUT2D eigenvalue weighted by Gasteiger charge is -2.13. The molecule has 1 aromatic carbocycles. The third-order valence-corrected chi connectivity index (χ3v) is 3.97. The van der Waals surface area contributed by atoms with Gasteiger partial charge in [-0.3, -0.25) is 4.79 Å². The first kappa shape index (κ1) is 18.2. The molecule has 0 atom stereocenters. The maximum Gasteiger partial charge on any atom is 0.338 e. The molecule has 130 valence electrons. The highest BCUT2D eigenvalue weighted by Gasteiger charge is 2.07. The van der Waals surface area contributed by atoms with Crippen molar-refractivity contribution in [3.8, 4) is 0 Å². The second-order valence-corrected chi connectivity index (χ2v) is 5.88. The van der Waals surface area contributed by atoms with E-state index in [9.17, 15) is 9.59 Å². The van der Waals surface area contributed by atoms with Gasteiger partial charge in [-0.1, -0.05) is 11.6 Å². The van der Waals surface area contributed by atoms with Crippen LogP contribution in [0, 0.1) is 0 Å². The summed E-state index contributed by atoms with van der Waals surface area (Å²) in [6.45, 7) is 3.22. The fourth-order valence-electron chi connectivity index (χ4n) is 2.69. The van der Waals surface area contributed by atoms with E-state index in [4.69, 9.17) is 4.74 Å². The van der Waals surface area contributed by atoms with E-state index in [1.54, 1.807) is 31.2 Å². The summed E-state index contributed by atoms with van der Waals surface area (Å²) < 4.78 is 4.92. The summed E-state index contributed by atoms with van der Waals surface area (Å²) in [5, 5.41) is 5.98. The molecule has 24 heavy (non-hydrogen) atoms. The molecule has 0 unspecified atom stereocenters. The number of rotatable bonds is 8. The maximum absolute atomic E-state index is 11.9. The number of amides is 1. The van der Waals surface area contributed by atoms with Gasteiger partial charge in [0.15, 0.2) is 0 Å². The number of esters is 1. The number of benzene rings is 1. The molecule has 2 rings (SSSR count). The predicted molar refractivity (Wildman–Crippen MR) is 95.1 cm³/mol. The van der Waals surface area contributed by atoms with Crippen LogP contribution in [0.3, 0.4) is 0 Å². The Kier molecular flexibility index (Phi) is 7.49. The summed E-state index contributed by atoms with van der Waals surface area (Å²) in [6.07, 6.45) is 8.32. The molecule has 0 heterocycles. The first-order valence-corrected chi connectivity index (χ1v) is 8.64. The number of hydrogen-bond acceptors (Lipinski definition) is 4. The molecule has 0 aromatic heterocycles. The standard InChI is InChI=1S/C19H26N2O3/c1-2-24-19(23)16-8-10-17(11-9-16)21-18(22)14-20-13-12-15-6-4-3-5-7-15/h6,8-11,20H,2-5,7,12-14H2,1H3,(H,21,22). The van der Waals surface area contributed by atoms with Gasteiger partial charge < -0.3 is 15.4 Å². The number of allylic oxidation sites excluding steroid dienone is 1. The fraction of sp³-hybridized carbons (Fsp3) is 0.474. The molecule has 0 aliphatic heterocycles. The summed E-state index contributed by atoms with van der Waals surface area (Å²) in [7, 11) is 0. The number of hydrogen-bond donors (Lipinski definition) is 2. The van der Waals surface area contributed by atoms with Gasteiger partial charge in [0.2, 0.25) is 5.91 Å². The van der Waals surface area contributed by atoms with Crippen molar-refractivity contribution in [2.75, 3.05) is 25.0 Å². The monoisotopic (exact) mass is 330 g/mol. The van der Waals surface area contributed by atoms with Gasteiger partial charge in [0, 0.05) is 5.69 Å². The average molecular weight is 330 g/mol. The molecule has 0 radical (unpaired) electrons. The van der Waals surface area contributed by atoms with Crippen molar-refractivity contribution >= 4 is 17.6 Å². The van der Waals surface area contributed by atoms with Gasteiger partial charge >= 0.3 is 5.97 Å². The van der Waals surface area contributed by atoms with Crippen LogP contribution in [0.25, 0.3) is 0 Å². The largest absolute Gasteiger partial charge is 0.462 e. The Labute approximate surface area is 143 Å². The summed E-state index contributed by atoms with van der Waals surface area (Å²) in [5.41, 5.74) is 2.65. The average Bonchev–Trinajstić information content (AvgIpc) is 2.60. The summed E-state index contributed by atoms with van der Waals surface area (Å²) in [5.74, 6) is -0.439. The molecule has 2 N–H and O–H groups in total. The van der Waals surface area contributed by atoms with E-state index < -0.39 is 0 Å². The lowest BCUT2D eigenvalue weighted by molar-refractivity contribution is -0.115. The molecular weight excluding hydrogens is 304 g/mol. The molecule has 0 fully saturated rings. The van der Waals surface area contributed by atoms with Crippen molar-refractivity contribution in [1.29, 1.82) is 0 Å². The maximum atomic E-state index is 11.9. The van der Waals surface area contributed by atoms with Crippen molar-refractivity contribution < 1.29 is 14.3 Å². The van der Waals surface area contributed by atoms with Crippen LogP contribution in [0.1, 0.15) is 49.4 Å². The van der Waals surface area contributed by atoms with Crippen LogP contribution in [-0.4, -0.2) is 31.6 Å². The Morgan fingerprint density at radius 1 is 1.17 bits per heavy atom. The van der Waals surface area contributed by atoms with Crippen LogP contribution in [0.4, 0.5) is 5.69 Å². The number of anilines is 1. The van der Waals surface area contributed by atoms with Gasteiger partial charge in [-0.25, -0.2) is 4.79 Å². The second kappa shape index (κ2) is 9.88. The Morgan fingerprint density at radius 3 is 2.62 bits per heavy atom. The topological polar surface area (TPSA) is 67.4 Å². The van der Waals surface area contributed by atoms with Crippen LogP contribution in [0.2, 0.25) is 0 Å². The molecule has 1 aromatic rings. The van der Waals surface area contributed by atoms with Crippen molar-refractivity contribution in [2.24, 2.45) is 0 Å². The van der Waals surface area contributed by atoms with Crippen LogP contribution < -0.4 is 10.6 Å². The van der Waals surface area contributed by atoms with E-state index in [-0.39, 0.29) is 18.4 Å². The van der Waals surface area contributed by atoms with Gasteiger partial charge in [0.05, 0.1) is 18.7 Å². The van der Waals surface area contributed by atoms with Crippen molar-refractivity contribution in [3.63, 3.8) is 0 Å². The van der Waals surface area contributed by atoms with E-state index in [2.05, 4.69) is 16.7 Å². The minimum absolute atomic E-state index is 0.0866. The van der Waals surface area contributed by atoms with Gasteiger partial charge in [-0.05, 0) is 69.8 Å². The molecule has 0 saturated heterocycles. The molecule has 0 saturated carbocycles. The SMILES string of the molecule is CCOC(=O)c1ccc(NC(=O)CNCCC2=CCCCC2)cc1. The normalized spacial score (nSPS) is 14.0. The number of ether oxygens (including phenoxy) is 1. The summed E-state index contributed by atoms with van der Waals surface area (Å²) in [4.78, 5) is 23.5. The summed E-state index contributed by atoms with van der Waals surface area (Å²) in [6, 6.07) is 6.71. The van der Waals surface area contributed by atoms with Crippen LogP contribution in [0.15, 0.2) is 35.9 Å². The first-order valence-electron chi connectivity index (χ1n) is 8.64. The lowest BCUT2D eigenvalue weighted by Crippen LogP contribution is -2.29. The molecule has 0 spiro atoms. The van der Waals surface area contributed by atoms with Crippen LogP contribution >= 0.6 is 0 Å². The number of carbonyl (C=O) groups is 2. The first-order chi connectivity index (χ1) is 11.7. The third-order valence-electron chi connectivity index (χ3n) is 3.97. The van der Waals surface area contributed by atoms with E-state index in [0.717, 1.165) is 13.0 Å². The highest BCUT2D eigenvalue weighted by molar-refractivity contribution is 5.93. The predicted octanol–water partition coefficient (Wildman–Crippen LogP) is 3.28. The zero-order valence-corrected chi connectivity index (χ0v) is 14.3. The Morgan fingerprint density at radius 2 is 1.96 bits per heavy atom. The fourth-order valence-corrected chi connectivity index (χ4v) is 2.69. The van der Waals surface area contributed by atoms with Crippen molar-refractivity contribution in [3.05, 3.63) is 41.5 Å². The summed E-state index contributed by atoms with van der Waals surface area (Å²) >= 11 is 0. The molecule has 1 aliphatic carbocycles. The quantitative estimate of drug-likeness (QED) is 0.436. The van der Waals surface area contributed by atoms with Gasteiger partial charge in [0.25, 0.3) is 0 Å². The second-order valence-electron chi connectivity index (χ2n) is 5.88. The third kappa shape index (κ3) is 6.16. The van der Waals surface area contributed by atoms with E-state index in [1.807, 2.05) is 0 Å². The highest BCUT2D eigenvalue weighted by atomic mass is 16.5. The van der Waals surface area contributed by atoms with E-state index >= 15 is 0 Å².